The van der Waals surface area contributed by atoms with E-state index < -0.39 is 5.97 Å². The molecule has 0 spiro atoms. The van der Waals surface area contributed by atoms with Crippen molar-refractivity contribution >= 4 is 12.0 Å². The van der Waals surface area contributed by atoms with Crippen LogP contribution in [0.4, 0.5) is 0 Å². The van der Waals surface area contributed by atoms with Gasteiger partial charge in [0, 0.05) is 0 Å². The van der Waals surface area contributed by atoms with E-state index in [4.69, 9.17) is 5.11 Å². The van der Waals surface area contributed by atoms with Gasteiger partial charge in [0.1, 0.15) is 0 Å². The van der Waals surface area contributed by atoms with Crippen molar-refractivity contribution in [1.82, 2.24) is 0 Å². The van der Waals surface area contributed by atoms with Gasteiger partial charge in [-0.3, -0.25) is 0 Å². The summed E-state index contributed by atoms with van der Waals surface area (Å²) in [6.45, 7) is 3.74. The fourth-order valence-electron chi connectivity index (χ4n) is 1.82. The van der Waals surface area contributed by atoms with Crippen molar-refractivity contribution in [2.24, 2.45) is 0 Å². The van der Waals surface area contributed by atoms with Gasteiger partial charge in [-0.1, -0.05) is 55.1 Å². The van der Waals surface area contributed by atoms with Crippen LogP contribution in [-0.4, -0.2) is 11.1 Å². The highest BCUT2D eigenvalue weighted by Crippen LogP contribution is 2.27. The van der Waals surface area contributed by atoms with Crippen LogP contribution < -0.4 is 0 Å². The van der Waals surface area contributed by atoms with Gasteiger partial charge < -0.3 is 5.11 Å². The lowest BCUT2D eigenvalue weighted by Gasteiger charge is -2.09. The van der Waals surface area contributed by atoms with E-state index in [0.29, 0.717) is 5.56 Å². The number of hydrogen-bond donors (Lipinski definition) is 1. The van der Waals surface area contributed by atoms with Crippen LogP contribution in [0.25, 0.3) is 17.2 Å². The number of hydrogen-bond acceptors (Lipinski definition) is 1. The van der Waals surface area contributed by atoms with Crippen molar-refractivity contribution in [3.63, 3.8) is 0 Å². The van der Waals surface area contributed by atoms with E-state index in [0.717, 1.165) is 16.7 Å². The second-order valence-corrected chi connectivity index (χ2v) is 3.64. The Balaban J connectivity index is 2.68. The largest absolute Gasteiger partial charge is 0.478 e. The normalized spacial score (nSPS) is 9.88. The Kier molecular flexibility index (Phi) is 3.06. The maximum absolute atomic E-state index is 11.2. The molecule has 0 unspecified atom stereocenters. The van der Waals surface area contributed by atoms with Crippen LogP contribution in [0, 0.1) is 0 Å². The molecular formula is C15H12O2. The lowest BCUT2D eigenvalue weighted by Crippen LogP contribution is -1.99. The number of carbonyl (C=O) groups is 1. The van der Waals surface area contributed by atoms with Gasteiger partial charge >= 0.3 is 5.97 Å². The molecule has 2 heteroatoms. The van der Waals surface area contributed by atoms with E-state index in [1.165, 1.54) is 0 Å². The summed E-state index contributed by atoms with van der Waals surface area (Å²) in [7, 11) is 0. The monoisotopic (exact) mass is 224 g/mol. The molecule has 0 aromatic heterocycles. The van der Waals surface area contributed by atoms with E-state index in [-0.39, 0.29) is 0 Å². The van der Waals surface area contributed by atoms with Crippen LogP contribution in [0.3, 0.4) is 0 Å². The van der Waals surface area contributed by atoms with Crippen molar-refractivity contribution < 1.29 is 9.90 Å². The molecule has 0 atom stereocenters. The van der Waals surface area contributed by atoms with Crippen LogP contribution in [0.5, 0.6) is 0 Å². The average Bonchev–Trinajstić information content (AvgIpc) is 2.38. The van der Waals surface area contributed by atoms with E-state index in [2.05, 4.69) is 6.58 Å². The smallest absolute Gasteiger partial charge is 0.336 e. The molecule has 0 saturated heterocycles. The van der Waals surface area contributed by atoms with Gasteiger partial charge in [0.15, 0.2) is 0 Å². The zero-order chi connectivity index (χ0) is 12.3. The molecule has 0 amide bonds. The number of carboxylic acid groups (broad SMARTS) is 1. The maximum atomic E-state index is 11.2. The number of aromatic carboxylic acids is 1. The molecule has 2 rings (SSSR count). The van der Waals surface area contributed by atoms with Crippen LogP contribution >= 0.6 is 0 Å². The van der Waals surface area contributed by atoms with E-state index in [1.54, 1.807) is 18.2 Å². The summed E-state index contributed by atoms with van der Waals surface area (Å²) in [5.74, 6) is -0.917. The fraction of sp³-hybridized carbons (Fsp3) is 0. The van der Waals surface area contributed by atoms with E-state index in [1.807, 2.05) is 36.4 Å². The van der Waals surface area contributed by atoms with Crippen LogP contribution in [0.2, 0.25) is 0 Å². The number of carboxylic acids is 1. The standard InChI is InChI=1S/C15H12O2/c1-2-11-7-3-4-8-12(11)13-9-5-6-10-14(13)15(16)17/h2-10H,1H2,(H,16,17). The summed E-state index contributed by atoms with van der Waals surface area (Å²) < 4.78 is 0. The molecule has 1 N–H and O–H groups in total. The van der Waals surface area contributed by atoms with E-state index >= 15 is 0 Å². The van der Waals surface area contributed by atoms with Gasteiger partial charge in [-0.25, -0.2) is 4.79 Å². The van der Waals surface area contributed by atoms with Crippen LogP contribution in [0.1, 0.15) is 15.9 Å². The number of rotatable bonds is 3. The molecule has 2 nitrogen and oxygen atoms in total. The summed E-state index contributed by atoms with van der Waals surface area (Å²) in [6.07, 6.45) is 1.73. The highest BCUT2D eigenvalue weighted by molar-refractivity contribution is 5.97. The molecule has 0 aliphatic carbocycles. The van der Waals surface area contributed by atoms with Crippen molar-refractivity contribution in [3.8, 4) is 11.1 Å². The molecule has 0 radical (unpaired) electrons. The Hall–Kier alpha value is -2.35. The summed E-state index contributed by atoms with van der Waals surface area (Å²) in [5.41, 5.74) is 2.85. The Bertz CT molecular complexity index is 571. The third-order valence-electron chi connectivity index (χ3n) is 2.63. The summed E-state index contributed by atoms with van der Waals surface area (Å²) in [5, 5.41) is 9.16. The highest BCUT2D eigenvalue weighted by Gasteiger charge is 2.11. The van der Waals surface area contributed by atoms with Crippen LogP contribution in [-0.2, 0) is 0 Å². The first-order valence-corrected chi connectivity index (χ1v) is 5.28. The Morgan fingerprint density at radius 3 is 2.24 bits per heavy atom. The summed E-state index contributed by atoms with van der Waals surface area (Å²) >= 11 is 0. The third kappa shape index (κ3) is 2.11. The molecule has 0 fully saturated rings. The maximum Gasteiger partial charge on any atom is 0.336 e. The first-order valence-electron chi connectivity index (χ1n) is 5.28. The van der Waals surface area contributed by atoms with Gasteiger partial charge in [-0.15, -0.1) is 0 Å². The number of benzene rings is 2. The van der Waals surface area contributed by atoms with Gasteiger partial charge in [-0.2, -0.15) is 0 Å². The molecule has 17 heavy (non-hydrogen) atoms. The fourth-order valence-corrected chi connectivity index (χ4v) is 1.82. The zero-order valence-electron chi connectivity index (χ0n) is 9.26. The Morgan fingerprint density at radius 2 is 1.59 bits per heavy atom. The predicted octanol–water partition coefficient (Wildman–Crippen LogP) is 3.69. The van der Waals surface area contributed by atoms with Gasteiger partial charge in [0.25, 0.3) is 0 Å². The predicted molar refractivity (Wildman–Crippen MR) is 68.9 cm³/mol. The van der Waals surface area contributed by atoms with Crippen molar-refractivity contribution in [3.05, 3.63) is 66.2 Å². The quantitative estimate of drug-likeness (QED) is 0.863. The second-order valence-electron chi connectivity index (χ2n) is 3.64. The first-order chi connectivity index (χ1) is 8.24. The van der Waals surface area contributed by atoms with Gasteiger partial charge in [0.05, 0.1) is 5.56 Å². The molecule has 0 bridgehead atoms. The van der Waals surface area contributed by atoms with Crippen molar-refractivity contribution in [2.75, 3.05) is 0 Å². The molecule has 0 heterocycles. The SMILES string of the molecule is C=Cc1ccccc1-c1ccccc1C(=O)O. The lowest BCUT2D eigenvalue weighted by molar-refractivity contribution is 0.0698. The molecule has 0 saturated carbocycles. The molecular weight excluding hydrogens is 212 g/mol. The molecule has 0 aliphatic heterocycles. The van der Waals surface area contributed by atoms with E-state index in [9.17, 15) is 4.79 Å². The third-order valence-corrected chi connectivity index (χ3v) is 2.63. The van der Waals surface area contributed by atoms with Gasteiger partial charge in [0.2, 0.25) is 0 Å². The van der Waals surface area contributed by atoms with Crippen molar-refractivity contribution in [1.29, 1.82) is 0 Å². The minimum absolute atomic E-state index is 0.307. The van der Waals surface area contributed by atoms with Crippen LogP contribution in [0.15, 0.2) is 55.1 Å². The molecule has 2 aromatic carbocycles. The molecule has 2 aromatic rings. The Morgan fingerprint density at radius 1 is 1.00 bits per heavy atom. The summed E-state index contributed by atoms with van der Waals surface area (Å²) in [4.78, 5) is 11.2. The highest BCUT2D eigenvalue weighted by atomic mass is 16.4. The Labute approximate surface area is 99.8 Å². The van der Waals surface area contributed by atoms with Gasteiger partial charge in [-0.05, 0) is 22.8 Å². The average molecular weight is 224 g/mol. The zero-order valence-corrected chi connectivity index (χ0v) is 9.26. The van der Waals surface area contributed by atoms with Crippen molar-refractivity contribution in [2.45, 2.75) is 0 Å². The second kappa shape index (κ2) is 4.66. The molecule has 84 valence electrons. The first kappa shape index (κ1) is 11.1. The minimum Gasteiger partial charge on any atom is -0.478 e. The topological polar surface area (TPSA) is 37.3 Å². The minimum atomic E-state index is -0.917. The summed E-state index contributed by atoms with van der Waals surface area (Å²) in [6, 6.07) is 14.6. The lowest BCUT2D eigenvalue weighted by atomic mass is 9.95. The molecule has 0 aliphatic rings.